The Morgan fingerprint density at radius 1 is 1.00 bits per heavy atom. The lowest BCUT2D eigenvalue weighted by Gasteiger charge is -2.36. The van der Waals surface area contributed by atoms with E-state index in [1.165, 1.54) is 7.11 Å². The van der Waals surface area contributed by atoms with Crippen molar-refractivity contribution in [3.8, 4) is 0 Å². The third kappa shape index (κ3) is 6.35. The van der Waals surface area contributed by atoms with Crippen LogP contribution in [0.5, 0.6) is 0 Å². The fourth-order valence-electron chi connectivity index (χ4n) is 4.37. The Bertz CT molecular complexity index is 1180. The number of piperazine rings is 1. The van der Waals surface area contributed by atoms with E-state index < -0.39 is 0 Å². The number of aryl methyl sites for hydroxylation is 2. The lowest BCUT2D eigenvalue weighted by Crippen LogP contribution is -2.49. The molecule has 0 saturated carbocycles. The molecule has 0 bridgehead atoms. The molecule has 8 heteroatoms. The average Bonchev–Trinajstić information content (AvgIpc) is 3.24. The molecule has 1 atom stereocenters. The Hall–Kier alpha value is -3.13. The van der Waals surface area contributed by atoms with Crippen LogP contribution in [0.4, 0.5) is 0 Å². The van der Waals surface area contributed by atoms with Crippen LogP contribution in [0.15, 0.2) is 59.0 Å². The maximum atomic E-state index is 12.9. The van der Waals surface area contributed by atoms with Crippen molar-refractivity contribution in [1.82, 2.24) is 9.80 Å². The first-order chi connectivity index (χ1) is 17.3. The predicted octanol–water partition coefficient (Wildman–Crippen LogP) is 5.05. The van der Waals surface area contributed by atoms with E-state index in [4.69, 9.17) is 25.5 Å². The zero-order valence-electron chi connectivity index (χ0n) is 20.8. The number of benzene rings is 2. The normalized spacial score (nSPS) is 15.1. The SMILES string of the molecule is COC(=O)c1ccc(CO[C@H](CN2CCN(C(=O)c3cc(C)oc3C)CC2)c2ccc(Cl)cc2)cc1. The molecule has 0 radical (unpaired) electrons. The van der Waals surface area contributed by atoms with Gasteiger partial charge in [0.15, 0.2) is 0 Å². The predicted molar refractivity (Wildman–Crippen MR) is 137 cm³/mol. The van der Waals surface area contributed by atoms with Crippen LogP contribution in [-0.2, 0) is 16.1 Å². The van der Waals surface area contributed by atoms with Crippen molar-refractivity contribution in [2.75, 3.05) is 39.8 Å². The minimum Gasteiger partial charge on any atom is -0.466 e. The maximum Gasteiger partial charge on any atom is 0.337 e. The quantitative estimate of drug-likeness (QED) is 0.395. The van der Waals surface area contributed by atoms with Crippen LogP contribution in [-0.4, -0.2) is 61.5 Å². The first-order valence-corrected chi connectivity index (χ1v) is 12.3. The highest BCUT2D eigenvalue weighted by Crippen LogP contribution is 2.24. The number of amides is 1. The Morgan fingerprint density at radius 2 is 1.67 bits per heavy atom. The first-order valence-electron chi connectivity index (χ1n) is 12.0. The topological polar surface area (TPSA) is 72.2 Å². The summed E-state index contributed by atoms with van der Waals surface area (Å²) in [6.45, 7) is 7.56. The zero-order chi connectivity index (χ0) is 25.7. The number of halogens is 1. The molecule has 1 aliphatic rings. The Balaban J connectivity index is 1.38. The summed E-state index contributed by atoms with van der Waals surface area (Å²) in [5.41, 5.74) is 3.14. The van der Waals surface area contributed by atoms with Gasteiger partial charge in [0.05, 0.1) is 30.9 Å². The molecule has 1 aromatic heterocycles. The standard InChI is InChI=1S/C28H31ClN2O5/c1-19-16-25(20(2)36-19)27(32)31-14-12-30(13-15-31)17-26(22-8-10-24(29)11-9-22)35-18-21-4-6-23(7-5-21)28(33)34-3/h4-11,16,26H,12-15,17-18H2,1-3H3/t26-/m1/s1. The molecular formula is C28H31ClN2O5. The van der Waals surface area contributed by atoms with Crippen molar-refractivity contribution in [3.63, 3.8) is 0 Å². The monoisotopic (exact) mass is 510 g/mol. The number of hydrogen-bond acceptors (Lipinski definition) is 6. The van der Waals surface area contributed by atoms with Gasteiger partial charge in [-0.1, -0.05) is 35.9 Å². The molecule has 0 unspecified atom stereocenters. The van der Waals surface area contributed by atoms with E-state index in [0.717, 1.165) is 30.0 Å². The van der Waals surface area contributed by atoms with Crippen LogP contribution < -0.4 is 0 Å². The van der Waals surface area contributed by atoms with Gasteiger partial charge in [0, 0.05) is 37.7 Å². The Kier molecular flexibility index (Phi) is 8.46. The third-order valence-electron chi connectivity index (χ3n) is 6.42. The lowest BCUT2D eigenvalue weighted by atomic mass is 10.1. The largest absolute Gasteiger partial charge is 0.466 e. The molecule has 190 valence electrons. The maximum absolute atomic E-state index is 12.9. The highest BCUT2D eigenvalue weighted by molar-refractivity contribution is 6.30. The molecule has 36 heavy (non-hydrogen) atoms. The van der Waals surface area contributed by atoms with Crippen LogP contribution in [0.2, 0.25) is 5.02 Å². The van der Waals surface area contributed by atoms with Gasteiger partial charge in [-0.3, -0.25) is 9.69 Å². The number of nitrogens with zero attached hydrogens (tertiary/aromatic N) is 2. The minimum atomic E-state index is -0.364. The van der Waals surface area contributed by atoms with Crippen molar-refractivity contribution in [1.29, 1.82) is 0 Å². The molecule has 7 nitrogen and oxygen atoms in total. The van der Waals surface area contributed by atoms with E-state index in [1.807, 2.05) is 61.2 Å². The summed E-state index contributed by atoms with van der Waals surface area (Å²) in [7, 11) is 1.37. The summed E-state index contributed by atoms with van der Waals surface area (Å²) in [6.07, 6.45) is -0.177. The Labute approximate surface area is 216 Å². The number of ether oxygens (including phenoxy) is 2. The number of rotatable bonds is 8. The van der Waals surface area contributed by atoms with E-state index in [2.05, 4.69) is 4.90 Å². The molecule has 1 fully saturated rings. The van der Waals surface area contributed by atoms with Gasteiger partial charge < -0.3 is 18.8 Å². The second-order valence-corrected chi connectivity index (χ2v) is 9.40. The summed E-state index contributed by atoms with van der Waals surface area (Å²) in [5.74, 6) is 1.07. The van der Waals surface area contributed by atoms with Crippen molar-refractivity contribution in [2.45, 2.75) is 26.6 Å². The van der Waals surface area contributed by atoms with Gasteiger partial charge in [-0.2, -0.15) is 0 Å². The number of methoxy groups -OCH3 is 1. The highest BCUT2D eigenvalue weighted by Gasteiger charge is 2.26. The highest BCUT2D eigenvalue weighted by atomic mass is 35.5. The van der Waals surface area contributed by atoms with Crippen LogP contribution in [0.3, 0.4) is 0 Å². The second kappa shape index (κ2) is 11.7. The average molecular weight is 511 g/mol. The van der Waals surface area contributed by atoms with Gasteiger partial charge >= 0.3 is 5.97 Å². The smallest absolute Gasteiger partial charge is 0.337 e. The van der Waals surface area contributed by atoms with Gasteiger partial charge in [0.1, 0.15) is 11.5 Å². The second-order valence-electron chi connectivity index (χ2n) is 8.96. The van der Waals surface area contributed by atoms with Crippen LogP contribution in [0, 0.1) is 13.8 Å². The molecule has 1 amide bonds. The molecule has 4 rings (SSSR count). The van der Waals surface area contributed by atoms with E-state index in [0.29, 0.717) is 48.2 Å². The number of furan rings is 1. The van der Waals surface area contributed by atoms with Crippen molar-refractivity contribution >= 4 is 23.5 Å². The summed E-state index contributed by atoms with van der Waals surface area (Å²) < 4.78 is 16.7. The molecule has 0 spiro atoms. The van der Waals surface area contributed by atoms with Gasteiger partial charge in [-0.05, 0) is 55.3 Å². The van der Waals surface area contributed by atoms with Crippen molar-refractivity contribution in [2.24, 2.45) is 0 Å². The number of hydrogen-bond donors (Lipinski definition) is 0. The van der Waals surface area contributed by atoms with Crippen LogP contribution in [0.1, 0.15) is 49.5 Å². The number of carbonyl (C=O) groups is 2. The van der Waals surface area contributed by atoms with Crippen molar-refractivity contribution in [3.05, 3.63) is 93.4 Å². The molecule has 0 N–H and O–H groups in total. The van der Waals surface area contributed by atoms with E-state index in [-0.39, 0.29) is 18.0 Å². The molecule has 3 aromatic rings. The minimum absolute atomic E-state index is 0.0184. The first kappa shape index (κ1) is 25.9. The summed E-state index contributed by atoms with van der Waals surface area (Å²) in [6, 6.07) is 16.7. The zero-order valence-corrected chi connectivity index (χ0v) is 21.6. The Morgan fingerprint density at radius 3 is 2.25 bits per heavy atom. The van der Waals surface area contributed by atoms with Crippen LogP contribution >= 0.6 is 11.6 Å². The van der Waals surface area contributed by atoms with E-state index in [1.54, 1.807) is 12.1 Å². The summed E-state index contributed by atoms with van der Waals surface area (Å²) >= 11 is 6.11. The molecule has 0 aliphatic carbocycles. The van der Waals surface area contributed by atoms with E-state index >= 15 is 0 Å². The van der Waals surface area contributed by atoms with E-state index in [9.17, 15) is 9.59 Å². The molecule has 2 heterocycles. The molecule has 2 aromatic carbocycles. The summed E-state index contributed by atoms with van der Waals surface area (Å²) in [4.78, 5) is 28.8. The van der Waals surface area contributed by atoms with Gasteiger partial charge in [0.25, 0.3) is 5.91 Å². The molecule has 1 aliphatic heterocycles. The van der Waals surface area contributed by atoms with Crippen LogP contribution in [0.25, 0.3) is 0 Å². The third-order valence-corrected chi connectivity index (χ3v) is 6.67. The van der Waals surface area contributed by atoms with Gasteiger partial charge in [-0.25, -0.2) is 4.79 Å². The van der Waals surface area contributed by atoms with Gasteiger partial charge in [-0.15, -0.1) is 0 Å². The van der Waals surface area contributed by atoms with Gasteiger partial charge in [0.2, 0.25) is 0 Å². The fraction of sp³-hybridized carbons (Fsp3) is 0.357. The number of esters is 1. The summed E-state index contributed by atoms with van der Waals surface area (Å²) in [5, 5.41) is 0.674. The fourth-order valence-corrected chi connectivity index (χ4v) is 4.49. The number of carbonyl (C=O) groups excluding carboxylic acids is 2. The lowest BCUT2D eigenvalue weighted by molar-refractivity contribution is 0.00339. The molecular weight excluding hydrogens is 480 g/mol. The van der Waals surface area contributed by atoms with Crippen molar-refractivity contribution < 1.29 is 23.5 Å². The molecule has 1 saturated heterocycles.